The molecule has 0 aliphatic carbocycles. The Kier molecular flexibility index (Phi) is 3.77. The summed E-state index contributed by atoms with van der Waals surface area (Å²) in [5.74, 6) is -0.561. The number of anilines is 1. The van der Waals surface area contributed by atoms with Gasteiger partial charge in [0.25, 0.3) is 0 Å². The molecule has 0 fully saturated rings. The molecule has 4 heteroatoms. The molecule has 78 valence electrons. The van der Waals surface area contributed by atoms with Gasteiger partial charge in [-0.3, -0.25) is 4.79 Å². The van der Waals surface area contributed by atoms with Gasteiger partial charge < -0.3 is 10.5 Å². The fourth-order valence-corrected chi connectivity index (χ4v) is 1.27. The lowest BCUT2D eigenvalue weighted by molar-refractivity contribution is -0.144. The van der Waals surface area contributed by atoms with E-state index in [1.54, 1.807) is 32.0 Å². The van der Waals surface area contributed by atoms with E-state index in [1.165, 1.54) is 0 Å². The van der Waals surface area contributed by atoms with Crippen molar-refractivity contribution in [3.05, 3.63) is 23.8 Å². The highest BCUT2D eigenvalue weighted by molar-refractivity contribution is 6.35. The van der Waals surface area contributed by atoms with Crippen LogP contribution in [0.3, 0.4) is 0 Å². The SMILES string of the molecule is [B]c1cc(C(C)C(=O)OCC)ccc1N. The van der Waals surface area contributed by atoms with Gasteiger partial charge >= 0.3 is 5.97 Å². The molecule has 1 atom stereocenters. The fraction of sp³-hybridized carbons (Fsp3) is 0.364. The van der Waals surface area contributed by atoms with Crippen LogP contribution in [-0.2, 0) is 9.53 Å². The second-order valence-electron chi connectivity index (χ2n) is 3.36. The number of nitrogens with two attached hydrogens (primary N) is 1. The van der Waals surface area contributed by atoms with E-state index in [1.807, 2.05) is 0 Å². The first-order chi connectivity index (χ1) is 7.06. The largest absolute Gasteiger partial charge is 0.466 e. The van der Waals surface area contributed by atoms with Crippen LogP contribution in [0.2, 0.25) is 0 Å². The van der Waals surface area contributed by atoms with Crippen molar-refractivity contribution >= 4 is 25.0 Å². The summed E-state index contributed by atoms with van der Waals surface area (Å²) in [6.07, 6.45) is 0. The monoisotopic (exact) mass is 203 g/mol. The van der Waals surface area contributed by atoms with Crippen LogP contribution in [0.5, 0.6) is 0 Å². The quantitative estimate of drug-likeness (QED) is 0.447. The summed E-state index contributed by atoms with van der Waals surface area (Å²) in [5.41, 5.74) is 7.41. The first-order valence-electron chi connectivity index (χ1n) is 4.87. The van der Waals surface area contributed by atoms with Crippen LogP contribution < -0.4 is 11.2 Å². The van der Waals surface area contributed by atoms with Gasteiger partial charge in [0.1, 0.15) is 7.85 Å². The Morgan fingerprint density at radius 3 is 2.80 bits per heavy atom. The van der Waals surface area contributed by atoms with E-state index in [9.17, 15) is 4.79 Å². The van der Waals surface area contributed by atoms with Crippen molar-refractivity contribution in [2.45, 2.75) is 19.8 Å². The van der Waals surface area contributed by atoms with Crippen molar-refractivity contribution in [2.24, 2.45) is 0 Å². The molecule has 0 amide bonds. The van der Waals surface area contributed by atoms with Gasteiger partial charge in [0, 0.05) is 5.69 Å². The normalized spacial score (nSPS) is 12.1. The van der Waals surface area contributed by atoms with Crippen molar-refractivity contribution in [1.82, 2.24) is 0 Å². The Balaban J connectivity index is 2.86. The highest BCUT2D eigenvalue weighted by Gasteiger charge is 2.16. The van der Waals surface area contributed by atoms with E-state index in [4.69, 9.17) is 18.3 Å². The number of hydrogen-bond acceptors (Lipinski definition) is 3. The second-order valence-corrected chi connectivity index (χ2v) is 3.36. The van der Waals surface area contributed by atoms with Crippen molar-refractivity contribution < 1.29 is 9.53 Å². The zero-order valence-corrected chi connectivity index (χ0v) is 8.99. The lowest BCUT2D eigenvalue weighted by atomic mass is 9.89. The summed E-state index contributed by atoms with van der Waals surface area (Å²) < 4.78 is 4.92. The van der Waals surface area contributed by atoms with Gasteiger partial charge in [-0.1, -0.05) is 17.6 Å². The number of nitrogen functional groups attached to an aromatic ring is 1. The molecular formula is C11H14BNO2. The third-order valence-corrected chi connectivity index (χ3v) is 2.25. The third kappa shape index (κ3) is 2.75. The van der Waals surface area contributed by atoms with Gasteiger partial charge in [-0.15, -0.1) is 0 Å². The minimum Gasteiger partial charge on any atom is -0.466 e. The third-order valence-electron chi connectivity index (χ3n) is 2.25. The maximum absolute atomic E-state index is 11.4. The first-order valence-corrected chi connectivity index (χ1v) is 4.87. The average molecular weight is 203 g/mol. The minimum atomic E-state index is -0.312. The highest BCUT2D eigenvalue weighted by Crippen LogP contribution is 2.16. The number of carbonyl (C=O) groups is 1. The van der Waals surface area contributed by atoms with Gasteiger partial charge in [0.2, 0.25) is 0 Å². The molecule has 0 spiro atoms. The molecule has 0 saturated heterocycles. The van der Waals surface area contributed by atoms with Crippen molar-refractivity contribution in [1.29, 1.82) is 0 Å². The van der Waals surface area contributed by atoms with Crippen molar-refractivity contribution in [3.8, 4) is 0 Å². The minimum absolute atomic E-state index is 0.248. The van der Waals surface area contributed by atoms with Gasteiger partial charge in [-0.05, 0) is 25.5 Å². The van der Waals surface area contributed by atoms with E-state index in [2.05, 4.69) is 0 Å². The molecule has 3 nitrogen and oxygen atoms in total. The number of ether oxygens (including phenoxy) is 1. The van der Waals surface area contributed by atoms with Crippen LogP contribution in [0.15, 0.2) is 18.2 Å². The lowest BCUT2D eigenvalue weighted by Crippen LogP contribution is -2.16. The highest BCUT2D eigenvalue weighted by atomic mass is 16.5. The van der Waals surface area contributed by atoms with Crippen molar-refractivity contribution in [2.75, 3.05) is 12.3 Å². The Hall–Kier alpha value is -1.45. The van der Waals surface area contributed by atoms with Crippen LogP contribution in [0.1, 0.15) is 25.3 Å². The van der Waals surface area contributed by atoms with Gasteiger partial charge in [0.15, 0.2) is 0 Å². The standard InChI is InChI=1S/C11H14BNO2/c1-3-15-11(14)7(2)8-4-5-10(13)9(12)6-8/h4-7H,3,13H2,1-2H3. The number of rotatable bonds is 3. The molecule has 1 unspecified atom stereocenters. The Morgan fingerprint density at radius 2 is 2.27 bits per heavy atom. The maximum atomic E-state index is 11.4. The molecule has 1 aromatic carbocycles. The van der Waals surface area contributed by atoms with Crippen LogP contribution in [0.4, 0.5) is 5.69 Å². The van der Waals surface area contributed by atoms with E-state index in [0.717, 1.165) is 5.56 Å². The zero-order chi connectivity index (χ0) is 11.4. The smallest absolute Gasteiger partial charge is 0.313 e. The Bertz CT molecular complexity index is 366. The molecule has 0 aromatic heterocycles. The summed E-state index contributed by atoms with van der Waals surface area (Å²) in [6, 6.07) is 5.19. The van der Waals surface area contributed by atoms with Crippen LogP contribution in [-0.4, -0.2) is 20.4 Å². The predicted octanol–water partition coefficient (Wildman–Crippen LogP) is 0.729. The van der Waals surface area contributed by atoms with Crippen LogP contribution >= 0.6 is 0 Å². The predicted molar refractivity (Wildman–Crippen MR) is 61.3 cm³/mol. The molecule has 2 radical (unpaired) electrons. The molecule has 0 bridgehead atoms. The number of hydrogen-bond donors (Lipinski definition) is 1. The van der Waals surface area contributed by atoms with Crippen LogP contribution in [0, 0.1) is 0 Å². The summed E-state index contributed by atoms with van der Waals surface area (Å²) in [4.78, 5) is 11.4. The Labute approximate surface area is 91.0 Å². The molecule has 0 aliphatic rings. The van der Waals surface area contributed by atoms with E-state index in [0.29, 0.717) is 17.8 Å². The Morgan fingerprint density at radius 1 is 1.60 bits per heavy atom. The maximum Gasteiger partial charge on any atom is 0.313 e. The molecule has 15 heavy (non-hydrogen) atoms. The summed E-state index contributed by atoms with van der Waals surface area (Å²) >= 11 is 0. The summed E-state index contributed by atoms with van der Waals surface area (Å²) in [7, 11) is 5.66. The van der Waals surface area contributed by atoms with Gasteiger partial charge in [0.05, 0.1) is 12.5 Å². The molecule has 0 heterocycles. The van der Waals surface area contributed by atoms with Gasteiger partial charge in [-0.2, -0.15) is 0 Å². The van der Waals surface area contributed by atoms with Gasteiger partial charge in [-0.25, -0.2) is 0 Å². The van der Waals surface area contributed by atoms with E-state index >= 15 is 0 Å². The van der Waals surface area contributed by atoms with E-state index < -0.39 is 0 Å². The second kappa shape index (κ2) is 4.87. The zero-order valence-electron chi connectivity index (χ0n) is 8.99. The molecule has 0 aliphatic heterocycles. The lowest BCUT2D eigenvalue weighted by Gasteiger charge is -2.12. The fourth-order valence-electron chi connectivity index (χ4n) is 1.27. The van der Waals surface area contributed by atoms with Crippen molar-refractivity contribution in [3.63, 3.8) is 0 Å². The molecule has 0 saturated carbocycles. The average Bonchev–Trinajstić information content (AvgIpc) is 2.21. The molecule has 2 N–H and O–H groups in total. The topological polar surface area (TPSA) is 52.3 Å². The first kappa shape index (κ1) is 11.6. The number of esters is 1. The summed E-state index contributed by atoms with van der Waals surface area (Å²) in [5, 5.41) is 0. The molecular weight excluding hydrogens is 189 g/mol. The number of benzene rings is 1. The summed E-state index contributed by atoms with van der Waals surface area (Å²) in [6.45, 7) is 3.94. The van der Waals surface area contributed by atoms with E-state index in [-0.39, 0.29) is 11.9 Å². The number of carbonyl (C=O) groups excluding carboxylic acids is 1. The molecule has 1 aromatic rings. The van der Waals surface area contributed by atoms with Crippen LogP contribution in [0.25, 0.3) is 0 Å². The molecule has 1 rings (SSSR count).